The summed E-state index contributed by atoms with van der Waals surface area (Å²) in [5.41, 5.74) is 1.01. The Labute approximate surface area is 131 Å². The minimum Gasteiger partial charge on any atom is -0.465 e. The number of hydrogen-bond acceptors (Lipinski definition) is 5. The molecule has 0 N–H and O–H groups in total. The number of hydrogen-bond donors (Lipinski definition) is 0. The van der Waals surface area contributed by atoms with Crippen molar-refractivity contribution in [1.82, 2.24) is 0 Å². The highest BCUT2D eigenvalue weighted by atomic mass is 16.6. The van der Waals surface area contributed by atoms with E-state index in [1.54, 1.807) is 13.8 Å². The van der Waals surface area contributed by atoms with Crippen LogP contribution in [-0.2, 0) is 19.1 Å². The molecule has 0 amide bonds. The molecule has 1 fully saturated rings. The second-order valence-corrected chi connectivity index (χ2v) is 5.76. The number of carbonyl (C=O) groups excluding carboxylic acids is 2. The van der Waals surface area contributed by atoms with Crippen LogP contribution in [0.4, 0.5) is 0 Å². The lowest BCUT2D eigenvalue weighted by Crippen LogP contribution is -2.42. The Kier molecular flexibility index (Phi) is 4.54. The van der Waals surface area contributed by atoms with Gasteiger partial charge < -0.3 is 9.47 Å². The standard InChI is InChI=1S/C17H23NO4/c1-6-21-15(19)17(16(20)22-7-2)9-13-8-10(3)18-12(5)14(13)11(17)4/h8,12,14H,4,6-7,9H2,1-3,5H3. The lowest BCUT2D eigenvalue weighted by Gasteiger charge is -2.28. The van der Waals surface area contributed by atoms with Gasteiger partial charge in [-0.3, -0.25) is 14.6 Å². The molecule has 0 aromatic heterocycles. The molecule has 1 aliphatic carbocycles. The maximum Gasteiger partial charge on any atom is 0.328 e. The zero-order chi connectivity index (χ0) is 16.5. The van der Waals surface area contributed by atoms with E-state index in [4.69, 9.17) is 9.47 Å². The van der Waals surface area contributed by atoms with Crippen LogP contribution in [0.15, 0.2) is 28.8 Å². The van der Waals surface area contributed by atoms with E-state index in [1.807, 2.05) is 19.9 Å². The van der Waals surface area contributed by atoms with Crippen LogP contribution in [0.25, 0.3) is 0 Å². The van der Waals surface area contributed by atoms with Crippen molar-refractivity contribution in [3.8, 4) is 0 Å². The molecule has 2 unspecified atom stereocenters. The molecular formula is C17H23NO4. The molecular weight excluding hydrogens is 282 g/mol. The summed E-state index contributed by atoms with van der Waals surface area (Å²) in [6, 6.07) is -0.0433. The lowest BCUT2D eigenvalue weighted by molar-refractivity contribution is -0.168. The molecule has 2 atom stereocenters. The molecule has 0 aromatic rings. The van der Waals surface area contributed by atoms with Crippen LogP contribution in [0.1, 0.15) is 34.1 Å². The molecule has 5 nitrogen and oxygen atoms in total. The number of ether oxygens (including phenoxy) is 2. The van der Waals surface area contributed by atoms with Gasteiger partial charge in [-0.1, -0.05) is 12.2 Å². The van der Waals surface area contributed by atoms with Crippen LogP contribution in [-0.4, -0.2) is 36.9 Å². The summed E-state index contributed by atoms with van der Waals surface area (Å²) in [5, 5.41) is 0. The molecule has 22 heavy (non-hydrogen) atoms. The number of esters is 2. The van der Waals surface area contributed by atoms with Gasteiger partial charge in [-0.25, -0.2) is 0 Å². The largest absolute Gasteiger partial charge is 0.465 e. The van der Waals surface area contributed by atoms with Crippen LogP contribution in [0, 0.1) is 11.3 Å². The van der Waals surface area contributed by atoms with Crippen molar-refractivity contribution >= 4 is 17.7 Å². The van der Waals surface area contributed by atoms with Gasteiger partial charge in [-0.15, -0.1) is 0 Å². The van der Waals surface area contributed by atoms with Gasteiger partial charge in [0.25, 0.3) is 0 Å². The zero-order valence-electron chi connectivity index (χ0n) is 13.6. The summed E-state index contributed by atoms with van der Waals surface area (Å²) in [7, 11) is 0. The third-order valence-corrected chi connectivity index (χ3v) is 4.32. The van der Waals surface area contributed by atoms with Gasteiger partial charge in [0.2, 0.25) is 0 Å². The van der Waals surface area contributed by atoms with E-state index in [1.165, 1.54) is 0 Å². The summed E-state index contributed by atoms with van der Waals surface area (Å²) in [6.07, 6.45) is 2.21. The van der Waals surface area contributed by atoms with Crippen LogP contribution < -0.4 is 0 Å². The number of nitrogens with zero attached hydrogens (tertiary/aromatic N) is 1. The third-order valence-electron chi connectivity index (χ3n) is 4.32. The predicted octanol–water partition coefficient (Wildman–Crippen LogP) is 2.46. The minimum atomic E-state index is -1.43. The highest BCUT2D eigenvalue weighted by Gasteiger charge is 2.60. The predicted molar refractivity (Wildman–Crippen MR) is 83.6 cm³/mol. The number of fused-ring (bicyclic) bond motifs is 1. The Balaban J connectivity index is 2.48. The number of rotatable bonds is 4. The normalized spacial score (nSPS) is 25.9. The second kappa shape index (κ2) is 6.07. The monoisotopic (exact) mass is 305 g/mol. The first-order valence-electron chi connectivity index (χ1n) is 7.67. The first-order valence-corrected chi connectivity index (χ1v) is 7.67. The minimum absolute atomic E-state index is 0.0433. The molecule has 0 spiro atoms. The highest BCUT2D eigenvalue weighted by molar-refractivity contribution is 6.06. The smallest absolute Gasteiger partial charge is 0.328 e. The van der Waals surface area contributed by atoms with Crippen molar-refractivity contribution in [3.63, 3.8) is 0 Å². The van der Waals surface area contributed by atoms with Gasteiger partial charge in [0.1, 0.15) is 0 Å². The van der Waals surface area contributed by atoms with Gasteiger partial charge in [-0.2, -0.15) is 0 Å². The highest BCUT2D eigenvalue weighted by Crippen LogP contribution is 2.53. The van der Waals surface area contributed by atoms with E-state index < -0.39 is 17.4 Å². The Morgan fingerprint density at radius 1 is 1.32 bits per heavy atom. The lowest BCUT2D eigenvalue weighted by atomic mass is 9.80. The molecule has 0 bridgehead atoms. The van der Waals surface area contributed by atoms with E-state index >= 15 is 0 Å². The second-order valence-electron chi connectivity index (χ2n) is 5.76. The van der Waals surface area contributed by atoms with E-state index in [0.717, 1.165) is 11.3 Å². The fraction of sp³-hybridized carbons (Fsp3) is 0.588. The molecule has 5 heteroatoms. The Hall–Kier alpha value is -1.91. The van der Waals surface area contributed by atoms with Crippen molar-refractivity contribution in [2.24, 2.45) is 16.3 Å². The quantitative estimate of drug-likeness (QED) is 0.455. The number of allylic oxidation sites excluding steroid dienone is 1. The number of aliphatic imine (C=N–C) groups is 1. The van der Waals surface area contributed by atoms with Crippen LogP contribution in [0.2, 0.25) is 0 Å². The zero-order valence-corrected chi connectivity index (χ0v) is 13.6. The maximum absolute atomic E-state index is 12.6. The summed E-state index contributed by atoms with van der Waals surface area (Å²) in [5.74, 6) is -1.25. The fourth-order valence-corrected chi connectivity index (χ4v) is 3.46. The first-order chi connectivity index (χ1) is 10.4. The third kappa shape index (κ3) is 2.38. The van der Waals surface area contributed by atoms with Crippen molar-refractivity contribution in [2.75, 3.05) is 13.2 Å². The molecule has 0 aromatic carbocycles. The average Bonchev–Trinajstić information content (AvgIpc) is 2.73. The van der Waals surface area contributed by atoms with Crippen molar-refractivity contribution < 1.29 is 19.1 Å². The fourth-order valence-electron chi connectivity index (χ4n) is 3.46. The van der Waals surface area contributed by atoms with Crippen molar-refractivity contribution in [2.45, 2.75) is 40.2 Å². The van der Waals surface area contributed by atoms with Crippen LogP contribution in [0.5, 0.6) is 0 Å². The molecule has 1 aliphatic heterocycles. The Morgan fingerprint density at radius 2 is 1.86 bits per heavy atom. The van der Waals surface area contributed by atoms with Crippen LogP contribution >= 0.6 is 0 Å². The van der Waals surface area contributed by atoms with E-state index in [0.29, 0.717) is 5.57 Å². The molecule has 2 aliphatic rings. The Morgan fingerprint density at radius 3 is 2.36 bits per heavy atom. The number of dihydropyridines is 1. The average molecular weight is 305 g/mol. The molecule has 0 radical (unpaired) electrons. The van der Waals surface area contributed by atoms with E-state index in [-0.39, 0.29) is 31.6 Å². The summed E-state index contributed by atoms with van der Waals surface area (Å²) < 4.78 is 10.3. The van der Waals surface area contributed by atoms with E-state index in [2.05, 4.69) is 11.6 Å². The van der Waals surface area contributed by atoms with Crippen LogP contribution in [0.3, 0.4) is 0 Å². The Bertz CT molecular complexity index is 555. The van der Waals surface area contributed by atoms with Gasteiger partial charge in [-0.05, 0) is 39.3 Å². The van der Waals surface area contributed by atoms with Gasteiger partial charge in [0.05, 0.1) is 19.3 Å². The molecule has 0 saturated heterocycles. The topological polar surface area (TPSA) is 65.0 Å². The van der Waals surface area contributed by atoms with Gasteiger partial charge >= 0.3 is 11.9 Å². The van der Waals surface area contributed by atoms with Gasteiger partial charge in [0.15, 0.2) is 5.41 Å². The van der Waals surface area contributed by atoms with E-state index in [9.17, 15) is 9.59 Å². The summed E-state index contributed by atoms with van der Waals surface area (Å²) in [6.45, 7) is 11.8. The summed E-state index contributed by atoms with van der Waals surface area (Å²) >= 11 is 0. The molecule has 1 heterocycles. The molecule has 1 saturated carbocycles. The van der Waals surface area contributed by atoms with Gasteiger partial charge in [0, 0.05) is 18.1 Å². The summed E-state index contributed by atoms with van der Waals surface area (Å²) in [4.78, 5) is 29.7. The SMILES string of the molecule is C=C1C2C(=CC(C)=NC2C)CC1(C(=O)OCC)C(=O)OCC. The van der Waals surface area contributed by atoms with Crippen molar-refractivity contribution in [3.05, 3.63) is 23.8 Å². The molecule has 120 valence electrons. The first kappa shape index (κ1) is 16.5. The van der Waals surface area contributed by atoms with Crippen molar-refractivity contribution in [1.29, 1.82) is 0 Å². The molecule has 2 rings (SSSR count). The maximum atomic E-state index is 12.6. The number of carbonyl (C=O) groups is 2.